The zero-order valence-corrected chi connectivity index (χ0v) is 17.9. The molecule has 1 saturated carbocycles. The predicted molar refractivity (Wildman–Crippen MR) is 117 cm³/mol. The first kappa shape index (κ1) is 22.6. The van der Waals surface area contributed by atoms with Gasteiger partial charge in [0.05, 0.1) is 12.7 Å². The highest BCUT2D eigenvalue weighted by Gasteiger charge is 2.21. The lowest BCUT2D eigenvalue weighted by atomic mass is 9.96. The Kier molecular flexibility index (Phi) is 9.44. The Balaban J connectivity index is 1.24. The van der Waals surface area contributed by atoms with E-state index < -0.39 is 0 Å². The molecule has 2 aliphatic rings. The summed E-state index contributed by atoms with van der Waals surface area (Å²) in [5, 5.41) is 8.85. The summed E-state index contributed by atoms with van der Waals surface area (Å²) in [6, 6.07) is 10.6. The molecule has 1 saturated heterocycles. The van der Waals surface area contributed by atoms with Gasteiger partial charge in [-0.15, -0.1) is 0 Å². The number of rotatable bonds is 9. The van der Waals surface area contributed by atoms with Crippen LogP contribution in [0.1, 0.15) is 50.5 Å². The Hall–Kier alpha value is -2.12. The summed E-state index contributed by atoms with van der Waals surface area (Å²) in [6.07, 6.45) is 6.86. The molecular weight excluding hydrogens is 380 g/mol. The Bertz CT molecular complexity index is 649. The number of hydrogen-bond donors (Lipinski definition) is 3. The van der Waals surface area contributed by atoms with Crippen LogP contribution < -0.4 is 16.0 Å². The summed E-state index contributed by atoms with van der Waals surface area (Å²) in [5.74, 6) is 0.00766. The van der Waals surface area contributed by atoms with Crippen molar-refractivity contribution in [2.45, 2.75) is 63.6 Å². The number of carbonyl (C=O) groups is 2. The molecule has 30 heavy (non-hydrogen) atoms. The molecule has 3 amide bonds. The van der Waals surface area contributed by atoms with Crippen molar-refractivity contribution in [3.05, 3.63) is 35.9 Å². The zero-order valence-electron chi connectivity index (χ0n) is 17.9. The van der Waals surface area contributed by atoms with Gasteiger partial charge in [-0.2, -0.15) is 0 Å². The highest BCUT2D eigenvalue weighted by Crippen LogP contribution is 2.17. The Labute approximate surface area is 179 Å². The largest absolute Gasteiger partial charge is 0.374 e. The van der Waals surface area contributed by atoms with Crippen LogP contribution in [0, 0.1) is 0 Å². The normalized spacial score (nSPS) is 20.5. The molecule has 7 heteroatoms. The van der Waals surface area contributed by atoms with Crippen LogP contribution in [0.3, 0.4) is 0 Å². The van der Waals surface area contributed by atoms with Gasteiger partial charge in [0.2, 0.25) is 5.91 Å². The molecule has 3 rings (SSSR count). The first-order chi connectivity index (χ1) is 14.7. The van der Waals surface area contributed by atoms with Gasteiger partial charge in [0.15, 0.2) is 0 Å². The van der Waals surface area contributed by atoms with Gasteiger partial charge in [-0.25, -0.2) is 4.79 Å². The summed E-state index contributed by atoms with van der Waals surface area (Å²) in [5.41, 5.74) is 1.29. The van der Waals surface area contributed by atoms with Crippen LogP contribution in [0.5, 0.6) is 0 Å². The highest BCUT2D eigenvalue weighted by atomic mass is 16.5. The van der Waals surface area contributed by atoms with Crippen LogP contribution in [-0.2, 0) is 16.1 Å². The summed E-state index contributed by atoms with van der Waals surface area (Å²) in [4.78, 5) is 26.4. The smallest absolute Gasteiger partial charge is 0.315 e. The van der Waals surface area contributed by atoms with E-state index >= 15 is 0 Å². The molecule has 7 nitrogen and oxygen atoms in total. The van der Waals surface area contributed by atoms with Gasteiger partial charge in [-0.1, -0.05) is 49.6 Å². The van der Waals surface area contributed by atoms with E-state index in [4.69, 9.17) is 4.74 Å². The van der Waals surface area contributed by atoms with Crippen molar-refractivity contribution < 1.29 is 14.3 Å². The number of nitrogens with zero attached hydrogens (tertiary/aromatic N) is 1. The molecule has 1 unspecified atom stereocenters. The lowest BCUT2D eigenvalue weighted by molar-refractivity contribution is -0.122. The molecule has 2 fully saturated rings. The van der Waals surface area contributed by atoms with E-state index in [0.29, 0.717) is 38.6 Å². The molecule has 0 spiro atoms. The maximum Gasteiger partial charge on any atom is 0.315 e. The van der Waals surface area contributed by atoms with Gasteiger partial charge >= 0.3 is 6.03 Å². The molecule has 166 valence electrons. The molecule has 0 aromatic heterocycles. The van der Waals surface area contributed by atoms with Gasteiger partial charge in [-0.3, -0.25) is 9.69 Å². The summed E-state index contributed by atoms with van der Waals surface area (Å²) < 4.78 is 5.80. The van der Waals surface area contributed by atoms with E-state index in [1.54, 1.807) is 0 Å². The van der Waals surface area contributed by atoms with Crippen molar-refractivity contribution >= 4 is 11.9 Å². The fourth-order valence-electron chi connectivity index (χ4n) is 4.14. The SMILES string of the molecule is O=C(CCCNC(=O)NC1CCCCC1)NCC1CN(Cc2ccccc2)CCO1. The summed E-state index contributed by atoms with van der Waals surface area (Å²) in [7, 11) is 0. The van der Waals surface area contributed by atoms with Crippen molar-refractivity contribution in [2.75, 3.05) is 32.8 Å². The molecular formula is C23H36N4O3. The van der Waals surface area contributed by atoms with Crippen molar-refractivity contribution in [3.8, 4) is 0 Å². The fraction of sp³-hybridized carbons (Fsp3) is 0.652. The van der Waals surface area contributed by atoms with Crippen LogP contribution in [0.15, 0.2) is 30.3 Å². The summed E-state index contributed by atoms with van der Waals surface area (Å²) in [6.45, 7) is 4.36. The lowest BCUT2D eigenvalue weighted by Crippen LogP contribution is -2.47. The summed E-state index contributed by atoms with van der Waals surface area (Å²) >= 11 is 0. The molecule has 3 N–H and O–H groups in total. The third-order valence-electron chi connectivity index (χ3n) is 5.81. The topological polar surface area (TPSA) is 82.7 Å². The number of morpholine rings is 1. The molecule has 1 aromatic rings. The Morgan fingerprint density at radius 1 is 1.07 bits per heavy atom. The molecule has 1 aromatic carbocycles. The molecule has 1 atom stereocenters. The number of amides is 3. The second-order valence-electron chi connectivity index (χ2n) is 8.36. The molecule has 0 bridgehead atoms. The van der Waals surface area contributed by atoms with E-state index in [1.165, 1.54) is 24.8 Å². The monoisotopic (exact) mass is 416 g/mol. The number of hydrogen-bond acceptors (Lipinski definition) is 4. The van der Waals surface area contributed by atoms with Crippen molar-refractivity contribution in [2.24, 2.45) is 0 Å². The third-order valence-corrected chi connectivity index (χ3v) is 5.81. The quantitative estimate of drug-likeness (QED) is 0.540. The van der Waals surface area contributed by atoms with Crippen LogP contribution in [0.25, 0.3) is 0 Å². The van der Waals surface area contributed by atoms with Gasteiger partial charge in [0.1, 0.15) is 0 Å². The first-order valence-electron chi connectivity index (χ1n) is 11.4. The minimum Gasteiger partial charge on any atom is -0.374 e. The number of carbonyl (C=O) groups excluding carboxylic acids is 2. The van der Waals surface area contributed by atoms with Gasteiger partial charge < -0.3 is 20.7 Å². The van der Waals surface area contributed by atoms with Crippen molar-refractivity contribution in [1.29, 1.82) is 0 Å². The second-order valence-corrected chi connectivity index (χ2v) is 8.36. The maximum atomic E-state index is 12.1. The molecule has 1 heterocycles. The Morgan fingerprint density at radius 3 is 2.67 bits per heavy atom. The average molecular weight is 417 g/mol. The van der Waals surface area contributed by atoms with Crippen LogP contribution >= 0.6 is 0 Å². The highest BCUT2D eigenvalue weighted by molar-refractivity contribution is 5.76. The average Bonchev–Trinajstić information content (AvgIpc) is 2.77. The van der Waals surface area contributed by atoms with Gasteiger partial charge in [0.25, 0.3) is 0 Å². The number of nitrogens with one attached hydrogen (secondary N) is 3. The number of benzene rings is 1. The van der Waals surface area contributed by atoms with Gasteiger partial charge in [0, 0.05) is 45.2 Å². The van der Waals surface area contributed by atoms with E-state index in [2.05, 4.69) is 45.1 Å². The number of urea groups is 1. The number of ether oxygens (including phenoxy) is 1. The minimum atomic E-state index is -0.114. The lowest BCUT2D eigenvalue weighted by Gasteiger charge is -2.33. The third kappa shape index (κ3) is 8.32. The van der Waals surface area contributed by atoms with E-state index in [0.717, 1.165) is 32.5 Å². The van der Waals surface area contributed by atoms with Crippen molar-refractivity contribution in [3.63, 3.8) is 0 Å². The first-order valence-corrected chi connectivity index (χ1v) is 11.4. The standard InChI is InChI=1S/C23H36N4O3/c28-22(12-7-13-24-23(29)26-20-10-5-2-6-11-20)25-16-21-18-27(14-15-30-21)17-19-8-3-1-4-9-19/h1,3-4,8-9,20-21H,2,5-7,10-18H2,(H,25,28)(H2,24,26,29). The van der Waals surface area contributed by atoms with E-state index in [-0.39, 0.29) is 18.0 Å². The second kappa shape index (κ2) is 12.5. The van der Waals surface area contributed by atoms with Crippen LogP contribution in [0.2, 0.25) is 0 Å². The zero-order chi connectivity index (χ0) is 21.0. The van der Waals surface area contributed by atoms with Crippen LogP contribution in [-0.4, -0.2) is 61.8 Å². The molecule has 1 aliphatic carbocycles. The van der Waals surface area contributed by atoms with E-state index in [1.807, 2.05) is 6.07 Å². The minimum absolute atomic E-state index is 0.00766. The predicted octanol–water partition coefficient (Wildman–Crippen LogP) is 2.42. The Morgan fingerprint density at radius 2 is 1.87 bits per heavy atom. The maximum absolute atomic E-state index is 12.1. The van der Waals surface area contributed by atoms with Gasteiger partial charge in [-0.05, 0) is 24.8 Å². The van der Waals surface area contributed by atoms with Crippen LogP contribution in [0.4, 0.5) is 4.79 Å². The van der Waals surface area contributed by atoms with E-state index in [9.17, 15) is 9.59 Å². The fourth-order valence-corrected chi connectivity index (χ4v) is 4.14. The molecule has 0 radical (unpaired) electrons. The molecule has 1 aliphatic heterocycles. The van der Waals surface area contributed by atoms with Crippen molar-refractivity contribution in [1.82, 2.24) is 20.9 Å².